The summed E-state index contributed by atoms with van der Waals surface area (Å²) in [5.41, 5.74) is 6.99. The Morgan fingerprint density at radius 3 is 2.62 bits per heavy atom. The van der Waals surface area contributed by atoms with Crippen LogP contribution in [0.3, 0.4) is 0 Å². The minimum absolute atomic E-state index is 0.0536. The van der Waals surface area contributed by atoms with Crippen LogP contribution in [0.5, 0.6) is 0 Å². The first-order valence-electron chi connectivity index (χ1n) is 5.85. The van der Waals surface area contributed by atoms with Crippen molar-refractivity contribution < 1.29 is 8.78 Å². The first kappa shape index (κ1) is 13.6. The highest BCUT2D eigenvalue weighted by Crippen LogP contribution is 2.27. The van der Waals surface area contributed by atoms with Crippen molar-refractivity contribution in [3.63, 3.8) is 0 Å². The van der Waals surface area contributed by atoms with Crippen LogP contribution in [0.2, 0.25) is 0 Å². The maximum Gasteiger partial charge on any atom is 0.187 e. The Bertz CT molecular complexity index is 818. The van der Waals surface area contributed by atoms with Crippen molar-refractivity contribution in [1.29, 1.82) is 0 Å². The van der Waals surface area contributed by atoms with Gasteiger partial charge in [-0.1, -0.05) is 0 Å². The smallest absolute Gasteiger partial charge is 0.187 e. The summed E-state index contributed by atoms with van der Waals surface area (Å²) in [5.74, 6) is -1.12. The molecule has 0 saturated carbocycles. The van der Waals surface area contributed by atoms with Gasteiger partial charge in [-0.25, -0.2) is 8.78 Å². The maximum atomic E-state index is 13.9. The van der Waals surface area contributed by atoms with Crippen LogP contribution in [-0.2, 0) is 0 Å². The van der Waals surface area contributed by atoms with Crippen molar-refractivity contribution >= 4 is 21.6 Å². The number of halogens is 3. The van der Waals surface area contributed by atoms with Crippen LogP contribution in [0.1, 0.15) is 0 Å². The van der Waals surface area contributed by atoms with Gasteiger partial charge >= 0.3 is 0 Å². The van der Waals surface area contributed by atoms with E-state index in [4.69, 9.17) is 5.73 Å². The number of tetrazole rings is 1. The van der Waals surface area contributed by atoms with Crippen LogP contribution in [0.4, 0.5) is 14.5 Å². The van der Waals surface area contributed by atoms with Gasteiger partial charge in [-0.2, -0.15) is 4.68 Å². The number of nitrogens with zero attached hydrogens (tertiary/aromatic N) is 4. The molecular formula is C13H8BrF2N5. The Morgan fingerprint density at radius 1 is 1.10 bits per heavy atom. The van der Waals surface area contributed by atoms with Crippen molar-refractivity contribution in [2.24, 2.45) is 0 Å². The minimum atomic E-state index is -0.756. The molecule has 0 fully saturated rings. The van der Waals surface area contributed by atoms with Crippen LogP contribution in [0.25, 0.3) is 17.1 Å². The highest BCUT2D eigenvalue weighted by molar-refractivity contribution is 9.10. The van der Waals surface area contributed by atoms with Gasteiger partial charge in [0, 0.05) is 21.8 Å². The van der Waals surface area contributed by atoms with E-state index in [2.05, 4.69) is 31.5 Å². The van der Waals surface area contributed by atoms with Gasteiger partial charge in [0.2, 0.25) is 0 Å². The zero-order valence-electron chi connectivity index (χ0n) is 10.5. The summed E-state index contributed by atoms with van der Waals surface area (Å²) in [4.78, 5) is 0. The van der Waals surface area contributed by atoms with Crippen LogP contribution >= 0.6 is 15.9 Å². The van der Waals surface area contributed by atoms with Gasteiger partial charge < -0.3 is 5.73 Å². The van der Waals surface area contributed by atoms with E-state index in [0.717, 1.165) is 16.6 Å². The molecule has 0 spiro atoms. The van der Waals surface area contributed by atoms with Gasteiger partial charge in [0.1, 0.15) is 11.5 Å². The van der Waals surface area contributed by atoms with Gasteiger partial charge in [0.15, 0.2) is 11.6 Å². The second-order valence-electron chi connectivity index (χ2n) is 4.25. The van der Waals surface area contributed by atoms with Crippen molar-refractivity contribution in [2.75, 3.05) is 5.73 Å². The normalized spacial score (nSPS) is 10.8. The fraction of sp³-hybridized carbons (Fsp3) is 0. The monoisotopic (exact) mass is 351 g/mol. The first-order valence-corrected chi connectivity index (χ1v) is 6.65. The summed E-state index contributed by atoms with van der Waals surface area (Å²) in [6.07, 6.45) is 0. The molecule has 0 radical (unpaired) electrons. The Balaban J connectivity index is 2.14. The molecule has 0 aliphatic carbocycles. The van der Waals surface area contributed by atoms with Gasteiger partial charge in [-0.05, 0) is 56.7 Å². The largest absolute Gasteiger partial charge is 0.398 e. The number of hydrogen-bond acceptors (Lipinski definition) is 4. The molecule has 1 aromatic heterocycles. The molecule has 3 aromatic rings. The Morgan fingerprint density at radius 2 is 1.90 bits per heavy atom. The number of nitrogen functional groups attached to an aromatic ring is 1. The summed E-state index contributed by atoms with van der Waals surface area (Å²) < 4.78 is 28.8. The van der Waals surface area contributed by atoms with Gasteiger partial charge in [-0.3, -0.25) is 0 Å². The number of anilines is 1. The highest BCUT2D eigenvalue weighted by Gasteiger charge is 2.15. The molecule has 0 bridgehead atoms. The molecule has 2 aromatic carbocycles. The number of hydrogen-bond donors (Lipinski definition) is 1. The molecule has 106 valence electrons. The van der Waals surface area contributed by atoms with Crippen LogP contribution in [0, 0.1) is 11.6 Å². The Labute approximate surface area is 126 Å². The number of aromatic nitrogens is 4. The van der Waals surface area contributed by atoms with Gasteiger partial charge in [0.25, 0.3) is 0 Å². The number of nitrogens with two attached hydrogens (primary N) is 1. The Kier molecular flexibility index (Phi) is 3.38. The van der Waals surface area contributed by atoms with Crippen molar-refractivity contribution in [3.8, 4) is 17.1 Å². The summed E-state index contributed by atoms with van der Waals surface area (Å²) in [7, 11) is 0. The van der Waals surface area contributed by atoms with E-state index in [9.17, 15) is 8.78 Å². The Hall–Kier alpha value is -2.35. The lowest BCUT2D eigenvalue weighted by Gasteiger charge is -2.07. The van der Waals surface area contributed by atoms with E-state index >= 15 is 0 Å². The molecule has 0 unspecified atom stereocenters. The summed E-state index contributed by atoms with van der Waals surface area (Å²) in [6, 6.07) is 8.33. The van der Waals surface area contributed by atoms with Gasteiger partial charge in [0.05, 0.1) is 0 Å². The summed E-state index contributed by atoms with van der Waals surface area (Å²) in [5, 5.41) is 11.2. The predicted molar refractivity (Wildman–Crippen MR) is 76.6 cm³/mol. The fourth-order valence-electron chi connectivity index (χ4n) is 1.87. The van der Waals surface area contributed by atoms with Crippen molar-refractivity contribution in [1.82, 2.24) is 20.2 Å². The predicted octanol–water partition coefficient (Wildman–Crippen LogP) is 2.95. The lowest BCUT2D eigenvalue weighted by atomic mass is 10.2. The molecule has 8 heteroatoms. The number of rotatable bonds is 2. The number of benzene rings is 2. The third-order valence-electron chi connectivity index (χ3n) is 2.86. The zero-order chi connectivity index (χ0) is 15.0. The molecule has 2 N–H and O–H groups in total. The van der Waals surface area contributed by atoms with E-state index in [0.29, 0.717) is 17.1 Å². The van der Waals surface area contributed by atoms with Gasteiger partial charge in [-0.15, -0.1) is 5.10 Å². The molecule has 5 nitrogen and oxygen atoms in total. The second kappa shape index (κ2) is 5.21. The summed E-state index contributed by atoms with van der Waals surface area (Å²) >= 11 is 3.29. The topological polar surface area (TPSA) is 69.6 Å². The van der Waals surface area contributed by atoms with Crippen molar-refractivity contribution in [3.05, 3.63) is 52.5 Å². The maximum absolute atomic E-state index is 13.9. The average molecular weight is 352 g/mol. The molecule has 0 saturated heterocycles. The SMILES string of the molecule is Nc1cc(-c2nnnn2-c2ccc(F)cc2F)ccc1Br. The standard InChI is InChI=1S/C13H8BrF2N5/c14-9-3-1-7(5-11(9)17)13-18-19-20-21(13)12-4-2-8(15)6-10(12)16/h1-6H,17H2. The average Bonchev–Trinajstić information content (AvgIpc) is 2.91. The molecule has 3 rings (SSSR count). The van der Waals surface area contributed by atoms with E-state index in [1.54, 1.807) is 18.2 Å². The van der Waals surface area contributed by atoms with Crippen LogP contribution in [-0.4, -0.2) is 20.2 Å². The molecule has 0 amide bonds. The fourth-order valence-corrected chi connectivity index (χ4v) is 2.11. The van der Waals surface area contributed by atoms with Crippen LogP contribution in [0.15, 0.2) is 40.9 Å². The van der Waals surface area contributed by atoms with E-state index < -0.39 is 11.6 Å². The molecule has 0 atom stereocenters. The quantitative estimate of drug-likeness (QED) is 0.720. The lowest BCUT2D eigenvalue weighted by molar-refractivity contribution is 0.572. The molecular weight excluding hydrogens is 344 g/mol. The van der Waals surface area contributed by atoms with E-state index in [1.165, 1.54) is 10.7 Å². The third-order valence-corrected chi connectivity index (χ3v) is 3.58. The second-order valence-corrected chi connectivity index (χ2v) is 5.10. The molecule has 0 aliphatic heterocycles. The lowest BCUT2D eigenvalue weighted by Crippen LogP contribution is -2.03. The summed E-state index contributed by atoms with van der Waals surface area (Å²) in [6.45, 7) is 0. The third kappa shape index (κ3) is 2.49. The highest BCUT2D eigenvalue weighted by atomic mass is 79.9. The zero-order valence-corrected chi connectivity index (χ0v) is 12.1. The van der Waals surface area contributed by atoms with Crippen LogP contribution < -0.4 is 5.73 Å². The van der Waals surface area contributed by atoms with E-state index in [1.807, 2.05) is 0 Å². The minimum Gasteiger partial charge on any atom is -0.398 e. The van der Waals surface area contributed by atoms with E-state index in [-0.39, 0.29) is 5.69 Å². The molecule has 21 heavy (non-hydrogen) atoms. The van der Waals surface area contributed by atoms with Crippen molar-refractivity contribution in [2.45, 2.75) is 0 Å². The first-order chi connectivity index (χ1) is 10.1. The molecule has 1 heterocycles. The molecule has 0 aliphatic rings.